The Morgan fingerprint density at radius 3 is 2.58 bits per heavy atom. The maximum atomic E-state index is 12.3. The van der Waals surface area contributed by atoms with Crippen LogP contribution in [0.15, 0.2) is 48.5 Å². The Kier molecular flexibility index (Phi) is 4.66. The number of carbonyl (C=O) groups is 1. The van der Waals surface area contributed by atoms with Crippen molar-refractivity contribution in [2.75, 3.05) is 26.2 Å². The molecule has 5 nitrogen and oxygen atoms in total. The fourth-order valence-corrected chi connectivity index (χ4v) is 3.59. The highest BCUT2D eigenvalue weighted by Gasteiger charge is 2.40. The molecule has 2 aromatic rings. The van der Waals surface area contributed by atoms with Crippen LogP contribution in [0.2, 0.25) is 0 Å². The molecule has 1 saturated heterocycles. The molecule has 1 fully saturated rings. The van der Waals surface area contributed by atoms with Crippen LogP contribution in [-0.2, 0) is 5.79 Å². The van der Waals surface area contributed by atoms with Gasteiger partial charge in [-0.3, -0.25) is 9.69 Å². The average molecular weight is 353 g/mol. The number of para-hydroxylation sites is 1. The molecule has 5 heteroatoms. The normalized spacial score (nSPS) is 22.7. The molecule has 2 aromatic carbocycles. The highest BCUT2D eigenvalue weighted by atomic mass is 16.6. The Morgan fingerprint density at radius 1 is 1.08 bits per heavy atom. The van der Waals surface area contributed by atoms with Crippen molar-refractivity contribution in [1.82, 2.24) is 4.90 Å². The Morgan fingerprint density at radius 2 is 1.81 bits per heavy atom. The van der Waals surface area contributed by atoms with E-state index in [1.54, 1.807) is 36.4 Å². The fraction of sp³-hybridized carbons (Fsp3) is 0.381. The number of Topliss-reactive ketones (excluding diaryl/α,β-unsaturated/α-hetero) is 1. The third-order valence-electron chi connectivity index (χ3n) is 5.05. The summed E-state index contributed by atoms with van der Waals surface area (Å²) in [5.41, 5.74) is 1.06. The summed E-state index contributed by atoms with van der Waals surface area (Å²) >= 11 is 0. The lowest BCUT2D eigenvalue weighted by Gasteiger charge is -2.33. The second-order valence-corrected chi connectivity index (χ2v) is 6.90. The smallest absolute Gasteiger partial charge is 0.242 e. The van der Waals surface area contributed by atoms with E-state index in [0.717, 1.165) is 25.4 Å². The Labute approximate surface area is 153 Å². The van der Waals surface area contributed by atoms with Gasteiger partial charge in [-0.25, -0.2) is 0 Å². The van der Waals surface area contributed by atoms with Gasteiger partial charge < -0.3 is 14.6 Å². The molecule has 1 N–H and O–H groups in total. The third kappa shape index (κ3) is 3.45. The molecule has 0 radical (unpaired) electrons. The van der Waals surface area contributed by atoms with Crippen LogP contribution in [0.4, 0.5) is 0 Å². The van der Waals surface area contributed by atoms with Crippen molar-refractivity contribution in [3.8, 4) is 11.5 Å². The van der Waals surface area contributed by atoms with E-state index in [4.69, 9.17) is 9.47 Å². The van der Waals surface area contributed by atoms with E-state index in [9.17, 15) is 9.90 Å². The molecule has 1 atom stereocenters. The molecule has 0 aliphatic carbocycles. The lowest BCUT2D eigenvalue weighted by molar-refractivity contribution is -0.147. The topological polar surface area (TPSA) is 59.0 Å². The number of benzene rings is 2. The molecule has 0 amide bonds. The van der Waals surface area contributed by atoms with E-state index in [-0.39, 0.29) is 12.2 Å². The summed E-state index contributed by atoms with van der Waals surface area (Å²) in [5.74, 6) is -0.601. The molecule has 136 valence electrons. The highest BCUT2D eigenvalue weighted by Crippen LogP contribution is 2.38. The number of aliphatic hydroxyl groups is 1. The summed E-state index contributed by atoms with van der Waals surface area (Å²) in [7, 11) is 0. The van der Waals surface area contributed by atoms with Gasteiger partial charge in [-0.1, -0.05) is 12.1 Å². The van der Waals surface area contributed by atoms with Crippen molar-refractivity contribution >= 4 is 5.78 Å². The Hall–Kier alpha value is -2.37. The molecule has 0 bridgehead atoms. The first kappa shape index (κ1) is 17.1. The van der Waals surface area contributed by atoms with Gasteiger partial charge in [0.05, 0.1) is 12.0 Å². The molecular formula is C21H23NO4. The lowest BCUT2D eigenvalue weighted by atomic mass is 9.93. The maximum absolute atomic E-state index is 12.3. The largest absolute Gasteiger partial charge is 0.492 e. The first-order chi connectivity index (χ1) is 12.6. The minimum Gasteiger partial charge on any atom is -0.492 e. The first-order valence-corrected chi connectivity index (χ1v) is 9.13. The van der Waals surface area contributed by atoms with E-state index in [0.29, 0.717) is 23.5 Å². The Bertz CT molecular complexity index is 783. The van der Waals surface area contributed by atoms with E-state index >= 15 is 0 Å². The molecule has 0 aromatic heterocycles. The van der Waals surface area contributed by atoms with Crippen LogP contribution in [0.1, 0.15) is 35.2 Å². The SMILES string of the molecule is O=C1CC(O)(c2ccc(OCCN3CCCC3)cc2)Oc2ccccc21. The van der Waals surface area contributed by atoms with Gasteiger partial charge in [0.15, 0.2) is 5.78 Å². The van der Waals surface area contributed by atoms with E-state index in [2.05, 4.69) is 4.90 Å². The molecule has 2 aliphatic rings. The second-order valence-electron chi connectivity index (χ2n) is 6.90. The predicted molar refractivity (Wildman–Crippen MR) is 97.5 cm³/mol. The number of likely N-dealkylation sites (tertiary alicyclic amines) is 1. The zero-order chi connectivity index (χ0) is 18.0. The first-order valence-electron chi connectivity index (χ1n) is 9.13. The van der Waals surface area contributed by atoms with Crippen LogP contribution in [0.3, 0.4) is 0 Å². The summed E-state index contributed by atoms with van der Waals surface area (Å²) in [6.07, 6.45) is 2.45. The van der Waals surface area contributed by atoms with Crippen LogP contribution in [0, 0.1) is 0 Å². The van der Waals surface area contributed by atoms with Gasteiger partial charge in [0.2, 0.25) is 5.79 Å². The van der Waals surface area contributed by atoms with Gasteiger partial charge in [-0.15, -0.1) is 0 Å². The van der Waals surface area contributed by atoms with Crippen molar-refractivity contribution in [2.24, 2.45) is 0 Å². The van der Waals surface area contributed by atoms with E-state index < -0.39 is 5.79 Å². The number of hydrogen-bond acceptors (Lipinski definition) is 5. The molecule has 26 heavy (non-hydrogen) atoms. The molecule has 1 unspecified atom stereocenters. The summed E-state index contributed by atoms with van der Waals surface area (Å²) < 4.78 is 11.5. The zero-order valence-electron chi connectivity index (χ0n) is 14.7. The van der Waals surface area contributed by atoms with Gasteiger partial charge in [-0.2, -0.15) is 0 Å². The van der Waals surface area contributed by atoms with Gasteiger partial charge in [0, 0.05) is 12.1 Å². The number of rotatable bonds is 5. The maximum Gasteiger partial charge on any atom is 0.242 e. The minimum absolute atomic E-state index is 0.0980. The molecule has 0 spiro atoms. The van der Waals surface area contributed by atoms with Gasteiger partial charge in [-0.05, 0) is 62.3 Å². The average Bonchev–Trinajstić information content (AvgIpc) is 3.16. The van der Waals surface area contributed by atoms with Gasteiger partial charge >= 0.3 is 0 Å². The second kappa shape index (κ2) is 7.09. The monoisotopic (exact) mass is 353 g/mol. The molecular weight excluding hydrogens is 330 g/mol. The van der Waals surface area contributed by atoms with Crippen LogP contribution in [0.25, 0.3) is 0 Å². The Balaban J connectivity index is 1.42. The van der Waals surface area contributed by atoms with Gasteiger partial charge in [0.25, 0.3) is 0 Å². The minimum atomic E-state index is -1.64. The quantitative estimate of drug-likeness (QED) is 0.896. The number of nitrogens with zero attached hydrogens (tertiary/aromatic N) is 1. The highest BCUT2D eigenvalue weighted by molar-refractivity contribution is 6.00. The molecule has 4 rings (SSSR count). The van der Waals surface area contributed by atoms with Crippen LogP contribution < -0.4 is 9.47 Å². The number of fused-ring (bicyclic) bond motifs is 1. The summed E-state index contributed by atoms with van der Waals surface area (Å²) in [4.78, 5) is 14.7. The van der Waals surface area contributed by atoms with Crippen molar-refractivity contribution in [3.05, 3.63) is 59.7 Å². The third-order valence-corrected chi connectivity index (χ3v) is 5.05. The molecule has 2 aliphatic heterocycles. The number of ether oxygens (including phenoxy) is 2. The van der Waals surface area contributed by atoms with Crippen LogP contribution >= 0.6 is 0 Å². The number of carbonyl (C=O) groups excluding carboxylic acids is 1. The van der Waals surface area contributed by atoms with E-state index in [1.165, 1.54) is 12.8 Å². The fourth-order valence-electron chi connectivity index (χ4n) is 3.59. The van der Waals surface area contributed by atoms with Crippen molar-refractivity contribution in [1.29, 1.82) is 0 Å². The number of ketones is 1. The summed E-state index contributed by atoms with van der Waals surface area (Å²) in [5, 5.41) is 10.9. The van der Waals surface area contributed by atoms with Crippen molar-refractivity contribution in [3.63, 3.8) is 0 Å². The van der Waals surface area contributed by atoms with Crippen LogP contribution in [0.5, 0.6) is 11.5 Å². The molecule has 2 heterocycles. The number of hydrogen-bond donors (Lipinski definition) is 1. The zero-order valence-corrected chi connectivity index (χ0v) is 14.7. The lowest BCUT2D eigenvalue weighted by Crippen LogP contribution is -2.39. The molecule has 0 saturated carbocycles. The summed E-state index contributed by atoms with van der Waals surface area (Å²) in [6, 6.07) is 14.1. The van der Waals surface area contributed by atoms with Crippen LogP contribution in [-0.4, -0.2) is 42.0 Å². The van der Waals surface area contributed by atoms with Gasteiger partial charge in [0.1, 0.15) is 18.1 Å². The van der Waals surface area contributed by atoms with E-state index in [1.807, 2.05) is 12.1 Å². The predicted octanol–water partition coefficient (Wildman–Crippen LogP) is 2.97. The standard InChI is InChI=1S/C21H23NO4/c23-19-15-21(24,26-20-6-2-1-5-18(19)20)16-7-9-17(10-8-16)25-14-13-22-11-3-4-12-22/h1-2,5-10,24H,3-4,11-15H2. The van der Waals surface area contributed by atoms with Crippen molar-refractivity contribution in [2.45, 2.75) is 25.0 Å². The summed E-state index contributed by atoms with van der Waals surface area (Å²) in [6.45, 7) is 3.89. The van der Waals surface area contributed by atoms with Crippen molar-refractivity contribution < 1.29 is 19.4 Å².